The Kier molecular flexibility index (Phi) is 6.09. The van der Waals surface area contributed by atoms with Gasteiger partial charge in [0.15, 0.2) is 0 Å². The van der Waals surface area contributed by atoms with Crippen molar-refractivity contribution >= 4 is 17.7 Å². The highest BCUT2D eigenvalue weighted by molar-refractivity contribution is 5.96. The van der Waals surface area contributed by atoms with Gasteiger partial charge in [-0.2, -0.15) is 0 Å². The van der Waals surface area contributed by atoms with Crippen LogP contribution in [0.5, 0.6) is 0 Å². The summed E-state index contributed by atoms with van der Waals surface area (Å²) in [6.07, 6.45) is 2.07. The molecule has 1 heterocycles. The molecule has 146 valence electrons. The predicted molar refractivity (Wildman–Crippen MR) is 108 cm³/mol. The molecular formula is C22H25N3O3. The van der Waals surface area contributed by atoms with Gasteiger partial charge in [-0.1, -0.05) is 36.4 Å². The molecule has 2 aromatic carbocycles. The number of nitrogens with two attached hydrogens (primary N) is 1. The van der Waals surface area contributed by atoms with Crippen LogP contribution in [0.2, 0.25) is 0 Å². The summed E-state index contributed by atoms with van der Waals surface area (Å²) < 4.78 is 4.73. The van der Waals surface area contributed by atoms with E-state index < -0.39 is 0 Å². The number of hydrogen-bond acceptors (Lipinski definition) is 4. The molecule has 1 aliphatic rings. The van der Waals surface area contributed by atoms with Crippen LogP contribution in [0.3, 0.4) is 0 Å². The number of carbonyl (C=O) groups is 2. The van der Waals surface area contributed by atoms with Crippen LogP contribution < -0.4 is 5.73 Å². The molecular weight excluding hydrogens is 354 g/mol. The van der Waals surface area contributed by atoms with Crippen molar-refractivity contribution in [2.75, 3.05) is 20.2 Å². The van der Waals surface area contributed by atoms with Gasteiger partial charge in [-0.3, -0.25) is 15.0 Å². The number of nitrogens with one attached hydrogen (secondary N) is 1. The van der Waals surface area contributed by atoms with Crippen LogP contribution in [-0.2, 0) is 9.53 Å². The molecule has 1 aliphatic heterocycles. The Morgan fingerprint density at radius 2 is 1.50 bits per heavy atom. The first-order chi connectivity index (χ1) is 13.5. The zero-order chi connectivity index (χ0) is 20.1. The van der Waals surface area contributed by atoms with E-state index in [0.717, 1.165) is 24.0 Å². The zero-order valence-corrected chi connectivity index (χ0v) is 16.0. The minimum atomic E-state index is -0.184. The van der Waals surface area contributed by atoms with Gasteiger partial charge in [0.05, 0.1) is 7.11 Å². The second-order valence-corrected chi connectivity index (χ2v) is 7.08. The number of ether oxygens (including phenoxy) is 1. The third-order valence-electron chi connectivity index (χ3n) is 5.25. The fourth-order valence-electron chi connectivity index (χ4n) is 3.49. The van der Waals surface area contributed by atoms with Gasteiger partial charge < -0.3 is 15.4 Å². The predicted octanol–water partition coefficient (Wildman–Crippen LogP) is 3.05. The van der Waals surface area contributed by atoms with Crippen molar-refractivity contribution in [3.05, 3.63) is 59.7 Å². The van der Waals surface area contributed by atoms with Crippen LogP contribution in [0.25, 0.3) is 11.1 Å². The van der Waals surface area contributed by atoms with E-state index in [-0.39, 0.29) is 23.6 Å². The summed E-state index contributed by atoms with van der Waals surface area (Å²) in [5.41, 5.74) is 8.84. The lowest BCUT2D eigenvalue weighted by molar-refractivity contribution is -0.142. The summed E-state index contributed by atoms with van der Waals surface area (Å²) in [4.78, 5) is 26.0. The lowest BCUT2D eigenvalue weighted by Crippen LogP contribution is -2.38. The van der Waals surface area contributed by atoms with E-state index in [2.05, 4.69) is 0 Å². The second-order valence-electron chi connectivity index (χ2n) is 7.08. The highest BCUT2D eigenvalue weighted by atomic mass is 16.5. The van der Waals surface area contributed by atoms with Crippen molar-refractivity contribution in [1.29, 1.82) is 5.41 Å². The number of hydrogen-bond donors (Lipinski definition) is 2. The van der Waals surface area contributed by atoms with Gasteiger partial charge in [-0.15, -0.1) is 0 Å². The molecule has 0 aromatic heterocycles. The first-order valence-electron chi connectivity index (χ1n) is 9.39. The van der Waals surface area contributed by atoms with Gasteiger partial charge in [0.2, 0.25) is 0 Å². The molecule has 28 heavy (non-hydrogen) atoms. The minimum Gasteiger partial charge on any atom is -0.469 e. The fraction of sp³-hybridized carbons (Fsp3) is 0.318. The molecule has 6 nitrogen and oxygen atoms in total. The molecule has 1 fully saturated rings. The Morgan fingerprint density at radius 1 is 1.00 bits per heavy atom. The maximum atomic E-state index is 12.7. The van der Waals surface area contributed by atoms with Gasteiger partial charge in [0.1, 0.15) is 5.84 Å². The molecule has 0 radical (unpaired) electrons. The summed E-state index contributed by atoms with van der Waals surface area (Å²) in [5.74, 6) is 0.173. The Bertz CT molecular complexity index is 852. The zero-order valence-electron chi connectivity index (χ0n) is 16.0. The highest BCUT2D eigenvalue weighted by Gasteiger charge is 2.25. The number of nitrogen functional groups attached to an aromatic ring is 1. The number of piperidine rings is 1. The summed E-state index contributed by atoms with van der Waals surface area (Å²) in [5, 5.41) is 7.45. The number of likely N-dealkylation sites (tertiary alicyclic amines) is 1. The number of nitrogens with zero attached hydrogens (tertiary/aromatic N) is 1. The normalized spacial score (nSPS) is 14.5. The van der Waals surface area contributed by atoms with E-state index in [1.165, 1.54) is 7.11 Å². The third-order valence-corrected chi connectivity index (χ3v) is 5.25. The summed E-state index contributed by atoms with van der Waals surface area (Å²) in [7, 11) is 1.41. The van der Waals surface area contributed by atoms with Gasteiger partial charge >= 0.3 is 5.97 Å². The van der Waals surface area contributed by atoms with Gasteiger partial charge in [0.25, 0.3) is 5.91 Å². The first-order valence-corrected chi connectivity index (χ1v) is 9.39. The maximum absolute atomic E-state index is 12.7. The lowest BCUT2D eigenvalue weighted by atomic mass is 9.93. The first kappa shape index (κ1) is 19.6. The van der Waals surface area contributed by atoms with E-state index in [1.54, 1.807) is 0 Å². The summed E-state index contributed by atoms with van der Waals surface area (Å²) >= 11 is 0. The van der Waals surface area contributed by atoms with E-state index in [4.69, 9.17) is 15.9 Å². The Balaban J connectivity index is 1.61. The Labute approximate surface area is 164 Å². The maximum Gasteiger partial charge on any atom is 0.305 e. The Hall–Kier alpha value is -3.15. The molecule has 0 bridgehead atoms. The topological polar surface area (TPSA) is 96.5 Å². The average Bonchev–Trinajstić information content (AvgIpc) is 2.74. The number of esters is 1. The quantitative estimate of drug-likeness (QED) is 0.474. The number of benzene rings is 2. The summed E-state index contributed by atoms with van der Waals surface area (Å²) in [6, 6.07) is 15.0. The summed E-state index contributed by atoms with van der Waals surface area (Å²) in [6.45, 7) is 1.32. The van der Waals surface area contributed by atoms with Gasteiger partial charge in [0, 0.05) is 30.6 Å². The molecule has 0 spiro atoms. The minimum absolute atomic E-state index is 0.0231. The average molecular weight is 379 g/mol. The largest absolute Gasteiger partial charge is 0.469 e. The van der Waals surface area contributed by atoms with Crippen LogP contribution in [0, 0.1) is 11.3 Å². The number of amides is 1. The standard InChI is InChI=1S/C22H25N3O3/c1-28-20(26)14-15-10-12-25(13-11-15)22(27)19-8-4-17(5-9-19)16-2-6-18(7-3-16)21(23)24/h2-9,15H,10-14H2,1H3,(H3,23,24). The molecule has 0 aliphatic carbocycles. The van der Waals surface area contributed by atoms with Crippen molar-refractivity contribution in [2.24, 2.45) is 11.7 Å². The smallest absolute Gasteiger partial charge is 0.305 e. The molecule has 0 atom stereocenters. The number of amidine groups is 1. The van der Waals surface area contributed by atoms with Crippen LogP contribution in [0.15, 0.2) is 48.5 Å². The van der Waals surface area contributed by atoms with Crippen LogP contribution >= 0.6 is 0 Å². The number of methoxy groups -OCH3 is 1. The van der Waals surface area contributed by atoms with Crippen LogP contribution in [0.1, 0.15) is 35.2 Å². The lowest BCUT2D eigenvalue weighted by Gasteiger charge is -2.31. The van der Waals surface area contributed by atoms with E-state index in [9.17, 15) is 9.59 Å². The second kappa shape index (κ2) is 8.69. The van der Waals surface area contributed by atoms with Crippen molar-refractivity contribution < 1.29 is 14.3 Å². The van der Waals surface area contributed by atoms with E-state index in [0.29, 0.717) is 30.6 Å². The molecule has 1 saturated heterocycles. The third kappa shape index (κ3) is 4.57. The monoisotopic (exact) mass is 379 g/mol. The van der Waals surface area contributed by atoms with Crippen molar-refractivity contribution in [2.45, 2.75) is 19.3 Å². The highest BCUT2D eigenvalue weighted by Crippen LogP contribution is 2.24. The SMILES string of the molecule is COC(=O)CC1CCN(C(=O)c2ccc(-c3ccc(C(=N)N)cc3)cc2)CC1. The molecule has 3 rings (SSSR count). The molecule has 0 saturated carbocycles. The fourth-order valence-corrected chi connectivity index (χ4v) is 3.49. The van der Waals surface area contributed by atoms with E-state index >= 15 is 0 Å². The Morgan fingerprint density at radius 3 is 1.96 bits per heavy atom. The molecule has 3 N–H and O–H groups in total. The molecule has 0 unspecified atom stereocenters. The molecule has 1 amide bonds. The molecule has 6 heteroatoms. The van der Waals surface area contributed by atoms with Crippen molar-refractivity contribution in [3.63, 3.8) is 0 Å². The van der Waals surface area contributed by atoms with E-state index in [1.807, 2.05) is 53.4 Å². The number of rotatable bonds is 5. The van der Waals surface area contributed by atoms with Crippen LogP contribution in [0.4, 0.5) is 0 Å². The number of carbonyl (C=O) groups excluding carboxylic acids is 2. The van der Waals surface area contributed by atoms with Gasteiger partial charge in [-0.25, -0.2) is 0 Å². The van der Waals surface area contributed by atoms with Gasteiger partial charge in [-0.05, 0) is 42.0 Å². The van der Waals surface area contributed by atoms with Crippen molar-refractivity contribution in [1.82, 2.24) is 4.90 Å². The molecule has 2 aromatic rings. The van der Waals surface area contributed by atoms with Crippen molar-refractivity contribution in [3.8, 4) is 11.1 Å². The van der Waals surface area contributed by atoms with Crippen LogP contribution in [-0.4, -0.2) is 42.8 Å².